The normalized spacial score (nSPS) is 17.5. The van der Waals surface area contributed by atoms with Crippen LogP contribution in [-0.2, 0) is 16.9 Å². The van der Waals surface area contributed by atoms with E-state index in [1.807, 2.05) is 4.90 Å². The Balaban J connectivity index is 1.89. The van der Waals surface area contributed by atoms with Gasteiger partial charge in [0.05, 0.1) is 21.5 Å². The van der Waals surface area contributed by atoms with Gasteiger partial charge in [-0.2, -0.15) is 0 Å². The average Bonchev–Trinajstić information content (AvgIpc) is 2.70. The smallest absolute Gasteiger partial charge is 0.211 e. The Hall–Kier alpha value is -2.38. The fourth-order valence-corrected chi connectivity index (χ4v) is 5.76. The maximum atomic E-state index is 15.0. The number of aryl methyl sites for hydroxylation is 1. The summed E-state index contributed by atoms with van der Waals surface area (Å²) in [6, 6.07) is 8.53. The Morgan fingerprint density at radius 2 is 1.97 bits per heavy atom. The number of piperidine rings is 1. The number of halogens is 2. The van der Waals surface area contributed by atoms with Gasteiger partial charge in [-0.15, -0.1) is 0 Å². The number of hydrogen-bond donors (Lipinski definition) is 0. The second-order valence-electron chi connectivity index (χ2n) is 7.91. The molecule has 8 heteroatoms. The highest BCUT2D eigenvalue weighted by molar-refractivity contribution is 7.91. The molecule has 0 N–H and O–H groups in total. The first-order valence-electron chi connectivity index (χ1n) is 9.77. The molecule has 158 valence electrons. The Labute approximate surface area is 179 Å². The Morgan fingerprint density at radius 1 is 1.20 bits per heavy atom. The molecule has 1 aliphatic rings. The quantitative estimate of drug-likeness (QED) is 0.595. The summed E-state index contributed by atoms with van der Waals surface area (Å²) in [6.45, 7) is 3.63. The van der Waals surface area contributed by atoms with Gasteiger partial charge in [0.25, 0.3) is 0 Å². The zero-order valence-electron chi connectivity index (χ0n) is 16.7. The van der Waals surface area contributed by atoms with Gasteiger partial charge in [-0.25, -0.2) is 12.8 Å². The molecule has 0 unspecified atom stereocenters. The molecule has 0 radical (unpaired) electrons. The summed E-state index contributed by atoms with van der Waals surface area (Å²) >= 11 is 5.92. The van der Waals surface area contributed by atoms with Crippen LogP contribution in [0.5, 0.6) is 0 Å². The van der Waals surface area contributed by atoms with Crippen molar-refractivity contribution in [1.82, 2.24) is 4.57 Å². The van der Waals surface area contributed by atoms with Gasteiger partial charge in [-0.05, 0) is 49.1 Å². The first-order chi connectivity index (χ1) is 14.2. The monoisotopic (exact) mass is 448 g/mol. The lowest BCUT2D eigenvalue weighted by Crippen LogP contribution is -2.35. The number of benzene rings is 2. The van der Waals surface area contributed by atoms with E-state index >= 15 is 0 Å². The van der Waals surface area contributed by atoms with Crippen LogP contribution in [0.25, 0.3) is 10.9 Å². The number of rotatable bonds is 3. The Kier molecular flexibility index (Phi) is 5.36. The first-order valence-corrected chi connectivity index (χ1v) is 11.6. The lowest BCUT2D eigenvalue weighted by atomic mass is 9.99. The standard InChI is InChI=1S/C22H22ClFN2O3S/c1-14-5-4-8-26(12-14)20-11-19-17(10-18(20)24)22(27)21(13-25(19)2)30(28,29)16-7-3-6-15(23)9-16/h3,6-7,9-11,13-14H,4-5,8,12H2,1-2H3/t14-/m0/s1. The number of aromatic nitrogens is 1. The van der Waals surface area contributed by atoms with E-state index in [0.29, 0.717) is 17.1 Å². The summed E-state index contributed by atoms with van der Waals surface area (Å²) in [5.41, 5.74) is 0.203. The summed E-state index contributed by atoms with van der Waals surface area (Å²) in [6.07, 6.45) is 3.38. The van der Waals surface area contributed by atoms with Crippen molar-refractivity contribution in [3.8, 4) is 0 Å². The molecular weight excluding hydrogens is 427 g/mol. The molecule has 4 rings (SSSR count). The van der Waals surface area contributed by atoms with Crippen LogP contribution < -0.4 is 10.3 Å². The number of fused-ring (bicyclic) bond motifs is 1. The maximum Gasteiger partial charge on any atom is 0.211 e. The molecule has 30 heavy (non-hydrogen) atoms. The minimum absolute atomic E-state index is 0.0342. The van der Waals surface area contributed by atoms with Crippen LogP contribution in [0.2, 0.25) is 5.02 Å². The molecule has 1 aliphatic heterocycles. The van der Waals surface area contributed by atoms with Crippen LogP contribution >= 0.6 is 11.6 Å². The summed E-state index contributed by atoms with van der Waals surface area (Å²) in [7, 11) is -2.46. The van der Waals surface area contributed by atoms with E-state index < -0.39 is 26.0 Å². The van der Waals surface area contributed by atoms with Crippen LogP contribution in [0.3, 0.4) is 0 Å². The van der Waals surface area contributed by atoms with Crippen molar-refractivity contribution in [2.45, 2.75) is 29.6 Å². The van der Waals surface area contributed by atoms with E-state index in [4.69, 9.17) is 11.6 Å². The molecule has 0 amide bonds. The van der Waals surface area contributed by atoms with Crippen molar-refractivity contribution in [3.63, 3.8) is 0 Å². The average molecular weight is 449 g/mol. The lowest BCUT2D eigenvalue weighted by Gasteiger charge is -2.33. The summed E-state index contributed by atoms with van der Waals surface area (Å²) in [4.78, 5) is 14.6. The van der Waals surface area contributed by atoms with Gasteiger partial charge >= 0.3 is 0 Å². The summed E-state index contributed by atoms with van der Waals surface area (Å²) in [5.74, 6) is -0.0612. The predicted octanol–water partition coefficient (Wildman–Crippen LogP) is 4.40. The second-order valence-corrected chi connectivity index (χ2v) is 10.3. The molecular formula is C22H22ClFN2O3S. The summed E-state index contributed by atoms with van der Waals surface area (Å²) < 4.78 is 42.7. The second kappa shape index (κ2) is 7.71. The third-order valence-corrected chi connectivity index (χ3v) is 7.60. The molecule has 0 aliphatic carbocycles. The van der Waals surface area contributed by atoms with E-state index in [-0.39, 0.29) is 15.3 Å². The van der Waals surface area contributed by atoms with Crippen LogP contribution in [0, 0.1) is 11.7 Å². The zero-order chi connectivity index (χ0) is 21.6. The zero-order valence-corrected chi connectivity index (χ0v) is 18.3. The van der Waals surface area contributed by atoms with Gasteiger partial charge in [-0.1, -0.05) is 24.6 Å². The topological polar surface area (TPSA) is 59.4 Å². The van der Waals surface area contributed by atoms with E-state index in [9.17, 15) is 17.6 Å². The molecule has 0 bridgehead atoms. The molecule has 1 fully saturated rings. The van der Waals surface area contributed by atoms with E-state index in [1.54, 1.807) is 23.7 Å². The highest BCUT2D eigenvalue weighted by atomic mass is 35.5. The number of sulfone groups is 1. The maximum absolute atomic E-state index is 15.0. The van der Waals surface area contributed by atoms with Gasteiger partial charge in [0.2, 0.25) is 15.3 Å². The van der Waals surface area contributed by atoms with Crippen LogP contribution in [0.4, 0.5) is 10.1 Å². The lowest BCUT2D eigenvalue weighted by molar-refractivity contribution is 0.442. The number of pyridine rings is 1. The molecule has 1 aromatic heterocycles. The molecule has 1 saturated heterocycles. The SMILES string of the molecule is C[C@H]1CCCN(c2cc3c(cc2F)c(=O)c(S(=O)(=O)c2cccc(Cl)c2)cn3C)C1. The molecule has 0 spiro atoms. The summed E-state index contributed by atoms with van der Waals surface area (Å²) in [5, 5.41) is 0.284. The fraction of sp³-hybridized carbons (Fsp3) is 0.318. The third kappa shape index (κ3) is 3.61. The molecule has 0 saturated carbocycles. The number of anilines is 1. The minimum atomic E-state index is -4.11. The molecule has 1 atom stereocenters. The fourth-order valence-electron chi connectivity index (χ4n) is 4.06. The van der Waals surface area contributed by atoms with Crippen LogP contribution in [0.1, 0.15) is 19.8 Å². The van der Waals surface area contributed by atoms with E-state index in [0.717, 1.165) is 32.0 Å². The molecule has 3 aromatic rings. The van der Waals surface area contributed by atoms with Crippen molar-refractivity contribution in [1.29, 1.82) is 0 Å². The molecule has 2 aromatic carbocycles. The van der Waals surface area contributed by atoms with Crippen molar-refractivity contribution >= 4 is 38.0 Å². The van der Waals surface area contributed by atoms with Crippen LogP contribution in [0.15, 0.2) is 57.2 Å². The molecule has 2 heterocycles. The Bertz CT molecular complexity index is 1300. The van der Waals surface area contributed by atoms with Gasteiger partial charge < -0.3 is 9.47 Å². The minimum Gasteiger partial charge on any atom is -0.369 e. The Morgan fingerprint density at radius 3 is 2.67 bits per heavy atom. The van der Waals surface area contributed by atoms with E-state index in [2.05, 4.69) is 6.92 Å². The van der Waals surface area contributed by atoms with Gasteiger partial charge in [-0.3, -0.25) is 4.79 Å². The highest BCUT2D eigenvalue weighted by Crippen LogP contribution is 2.30. The largest absolute Gasteiger partial charge is 0.369 e. The van der Waals surface area contributed by atoms with Gasteiger partial charge in [0.15, 0.2) is 0 Å². The van der Waals surface area contributed by atoms with Gasteiger partial charge in [0.1, 0.15) is 10.7 Å². The molecule has 5 nitrogen and oxygen atoms in total. The highest BCUT2D eigenvalue weighted by Gasteiger charge is 2.26. The van der Waals surface area contributed by atoms with Crippen molar-refractivity contribution in [2.75, 3.05) is 18.0 Å². The first kappa shape index (κ1) is 20.9. The van der Waals surface area contributed by atoms with Crippen LogP contribution in [-0.4, -0.2) is 26.1 Å². The third-order valence-electron chi connectivity index (χ3n) is 5.62. The van der Waals surface area contributed by atoms with Crippen molar-refractivity contribution in [3.05, 3.63) is 63.7 Å². The van der Waals surface area contributed by atoms with Gasteiger partial charge in [0, 0.05) is 31.4 Å². The predicted molar refractivity (Wildman–Crippen MR) is 117 cm³/mol. The number of nitrogens with zero attached hydrogens (tertiary/aromatic N) is 2. The number of hydrogen-bond acceptors (Lipinski definition) is 4. The van der Waals surface area contributed by atoms with E-state index in [1.165, 1.54) is 24.4 Å². The van der Waals surface area contributed by atoms with Crippen molar-refractivity contribution < 1.29 is 12.8 Å². The van der Waals surface area contributed by atoms with Crippen molar-refractivity contribution in [2.24, 2.45) is 13.0 Å².